The Labute approximate surface area is 135 Å². The van der Waals surface area contributed by atoms with Crippen molar-refractivity contribution >= 4 is 24.4 Å². The van der Waals surface area contributed by atoms with Gasteiger partial charge in [0, 0.05) is 0 Å². The van der Waals surface area contributed by atoms with Crippen LogP contribution in [0.15, 0.2) is 0 Å². The van der Waals surface area contributed by atoms with Gasteiger partial charge in [0.05, 0.1) is 31.0 Å². The van der Waals surface area contributed by atoms with Gasteiger partial charge in [-0.3, -0.25) is 19.2 Å². The van der Waals surface area contributed by atoms with Gasteiger partial charge in [-0.05, 0) is 19.8 Å². The van der Waals surface area contributed by atoms with Crippen LogP contribution >= 0.6 is 0 Å². The van der Waals surface area contributed by atoms with Crippen LogP contribution in [0.4, 0.5) is 0 Å². The lowest BCUT2D eigenvalue weighted by Gasteiger charge is -2.17. The first-order valence-electron chi connectivity index (χ1n) is 7.42. The number of cyclic esters (lactones) is 2. The average molecular weight is 332 g/mol. The molecule has 8 nitrogen and oxygen atoms in total. The molecular weight excluding hydrogens is 308 g/mol. The fraction of sp³-hybridized carbons (Fsp3) is 0.733. The van der Waals surface area contributed by atoms with Crippen LogP contribution in [0.2, 0.25) is 0 Å². The Hall–Kier alpha value is -2.12. The fourth-order valence-corrected chi connectivity index (χ4v) is 1.68. The number of esters is 2. The van der Waals surface area contributed by atoms with E-state index in [-0.39, 0.29) is 43.6 Å². The number of carboxylic acid groups (broad SMARTS) is 1. The SMILES string of the molecule is CC(C)C(=O)O.CC1CC(CCOC=O)C(=O)OCCC(=O)O1. The molecule has 0 amide bonds. The second-order valence-corrected chi connectivity index (χ2v) is 5.40. The van der Waals surface area contributed by atoms with Crippen molar-refractivity contribution in [2.24, 2.45) is 11.8 Å². The lowest BCUT2D eigenvalue weighted by atomic mass is 9.99. The molecule has 132 valence electrons. The molecule has 2 atom stereocenters. The van der Waals surface area contributed by atoms with Crippen LogP contribution < -0.4 is 0 Å². The van der Waals surface area contributed by atoms with Crippen LogP contribution in [0.5, 0.6) is 0 Å². The van der Waals surface area contributed by atoms with E-state index in [1.807, 2.05) is 0 Å². The van der Waals surface area contributed by atoms with Crippen molar-refractivity contribution in [3.63, 3.8) is 0 Å². The first-order valence-corrected chi connectivity index (χ1v) is 7.42. The predicted octanol–water partition coefficient (Wildman–Crippen LogP) is 1.16. The van der Waals surface area contributed by atoms with E-state index in [9.17, 15) is 19.2 Å². The normalized spacial score (nSPS) is 21.6. The average Bonchev–Trinajstić information content (AvgIpc) is 2.51. The number of hydrogen-bond acceptors (Lipinski definition) is 7. The van der Waals surface area contributed by atoms with E-state index in [1.54, 1.807) is 20.8 Å². The molecule has 0 aliphatic carbocycles. The van der Waals surface area contributed by atoms with Gasteiger partial charge in [0.1, 0.15) is 6.61 Å². The summed E-state index contributed by atoms with van der Waals surface area (Å²) in [6.07, 6.45) is 0.495. The van der Waals surface area contributed by atoms with Gasteiger partial charge < -0.3 is 19.3 Å². The molecule has 0 bridgehead atoms. The number of carbonyl (C=O) groups is 4. The maximum Gasteiger partial charge on any atom is 0.309 e. The van der Waals surface area contributed by atoms with E-state index >= 15 is 0 Å². The molecule has 23 heavy (non-hydrogen) atoms. The van der Waals surface area contributed by atoms with E-state index in [0.717, 1.165) is 0 Å². The number of aliphatic carboxylic acids is 1. The maximum absolute atomic E-state index is 11.6. The van der Waals surface area contributed by atoms with Crippen LogP contribution in [-0.2, 0) is 33.4 Å². The molecular formula is C15H24O8. The highest BCUT2D eigenvalue weighted by molar-refractivity contribution is 5.74. The fourth-order valence-electron chi connectivity index (χ4n) is 1.68. The molecule has 1 heterocycles. The summed E-state index contributed by atoms with van der Waals surface area (Å²) in [4.78, 5) is 42.5. The van der Waals surface area contributed by atoms with E-state index in [4.69, 9.17) is 14.6 Å². The quantitative estimate of drug-likeness (QED) is 0.345. The standard InChI is InChI=1S/C11H16O6.C4H8O2/c1-8-6-9(2-4-15-7-12)11(14)16-5-3-10(13)17-8;1-3(2)4(5)6/h7-9H,2-6H2,1H3;3H,1-2H3,(H,5,6). The first kappa shape index (κ1) is 20.9. The van der Waals surface area contributed by atoms with Crippen LogP contribution in [-0.4, -0.2) is 48.8 Å². The van der Waals surface area contributed by atoms with Gasteiger partial charge in [-0.1, -0.05) is 13.8 Å². The monoisotopic (exact) mass is 332 g/mol. The van der Waals surface area contributed by atoms with Crippen molar-refractivity contribution in [3.8, 4) is 0 Å². The van der Waals surface area contributed by atoms with Gasteiger partial charge in [-0.25, -0.2) is 0 Å². The third-order valence-corrected chi connectivity index (χ3v) is 2.98. The zero-order chi connectivity index (χ0) is 17.8. The van der Waals surface area contributed by atoms with Gasteiger partial charge in [-0.15, -0.1) is 0 Å². The molecule has 1 rings (SSSR count). The summed E-state index contributed by atoms with van der Waals surface area (Å²) in [5.74, 6) is -2.12. The summed E-state index contributed by atoms with van der Waals surface area (Å²) in [5.41, 5.74) is 0. The molecule has 1 N–H and O–H groups in total. The van der Waals surface area contributed by atoms with Gasteiger partial charge >= 0.3 is 17.9 Å². The van der Waals surface area contributed by atoms with Crippen LogP contribution in [0, 0.1) is 11.8 Å². The third kappa shape index (κ3) is 10.3. The summed E-state index contributed by atoms with van der Waals surface area (Å²) < 4.78 is 14.6. The van der Waals surface area contributed by atoms with Crippen LogP contribution in [0.1, 0.15) is 40.0 Å². The maximum atomic E-state index is 11.6. The summed E-state index contributed by atoms with van der Waals surface area (Å²) in [6, 6.07) is 0. The summed E-state index contributed by atoms with van der Waals surface area (Å²) in [6.45, 7) is 5.54. The summed E-state index contributed by atoms with van der Waals surface area (Å²) in [7, 11) is 0. The van der Waals surface area contributed by atoms with Crippen molar-refractivity contribution in [3.05, 3.63) is 0 Å². The molecule has 1 fully saturated rings. The van der Waals surface area contributed by atoms with Gasteiger partial charge in [0.2, 0.25) is 0 Å². The lowest BCUT2D eigenvalue weighted by Crippen LogP contribution is -2.23. The molecule has 8 heteroatoms. The van der Waals surface area contributed by atoms with Crippen molar-refractivity contribution in [2.45, 2.75) is 46.1 Å². The molecule has 1 aliphatic heterocycles. The minimum atomic E-state index is -0.741. The van der Waals surface area contributed by atoms with Crippen molar-refractivity contribution in [1.82, 2.24) is 0 Å². The Morgan fingerprint density at radius 2 is 2.04 bits per heavy atom. The number of carboxylic acids is 1. The highest BCUT2D eigenvalue weighted by Gasteiger charge is 2.26. The Morgan fingerprint density at radius 3 is 2.57 bits per heavy atom. The third-order valence-electron chi connectivity index (χ3n) is 2.98. The van der Waals surface area contributed by atoms with Gasteiger partial charge in [-0.2, -0.15) is 0 Å². The molecule has 0 aromatic heterocycles. The number of carbonyl (C=O) groups excluding carboxylic acids is 3. The van der Waals surface area contributed by atoms with Crippen molar-refractivity contribution in [1.29, 1.82) is 0 Å². The predicted molar refractivity (Wildman–Crippen MR) is 78.3 cm³/mol. The first-order chi connectivity index (χ1) is 10.8. The molecule has 0 spiro atoms. The molecule has 0 radical (unpaired) electrons. The second-order valence-electron chi connectivity index (χ2n) is 5.40. The number of rotatable bonds is 5. The van der Waals surface area contributed by atoms with E-state index < -0.39 is 11.9 Å². The molecule has 1 aliphatic rings. The van der Waals surface area contributed by atoms with Crippen LogP contribution in [0.3, 0.4) is 0 Å². The highest BCUT2D eigenvalue weighted by Crippen LogP contribution is 2.18. The molecule has 1 saturated heterocycles. The zero-order valence-corrected chi connectivity index (χ0v) is 13.6. The van der Waals surface area contributed by atoms with Crippen LogP contribution in [0.25, 0.3) is 0 Å². The summed E-state index contributed by atoms with van der Waals surface area (Å²) in [5, 5.41) is 7.99. The Bertz CT molecular complexity index is 404. The molecule has 0 saturated carbocycles. The molecule has 0 aromatic carbocycles. The lowest BCUT2D eigenvalue weighted by molar-refractivity contribution is -0.150. The van der Waals surface area contributed by atoms with Crippen molar-refractivity contribution < 1.29 is 38.5 Å². The topological polar surface area (TPSA) is 116 Å². The van der Waals surface area contributed by atoms with Crippen molar-refractivity contribution in [2.75, 3.05) is 13.2 Å². The Balaban J connectivity index is 0.000000688. The van der Waals surface area contributed by atoms with Gasteiger partial charge in [0.25, 0.3) is 6.47 Å². The molecule has 0 aromatic rings. The minimum absolute atomic E-state index is 0.0371. The van der Waals surface area contributed by atoms with E-state index in [0.29, 0.717) is 19.3 Å². The smallest absolute Gasteiger partial charge is 0.309 e. The summed E-state index contributed by atoms with van der Waals surface area (Å²) >= 11 is 0. The number of ether oxygens (including phenoxy) is 3. The minimum Gasteiger partial charge on any atom is -0.481 e. The Kier molecular flexibility index (Phi) is 10.4. The Morgan fingerprint density at radius 1 is 1.43 bits per heavy atom. The van der Waals surface area contributed by atoms with Gasteiger partial charge in [0.15, 0.2) is 0 Å². The zero-order valence-electron chi connectivity index (χ0n) is 13.6. The molecule has 2 unspecified atom stereocenters. The van der Waals surface area contributed by atoms with E-state index in [1.165, 1.54) is 0 Å². The number of hydrogen-bond donors (Lipinski definition) is 1. The highest BCUT2D eigenvalue weighted by atomic mass is 16.6. The second kappa shape index (κ2) is 11.4. The largest absolute Gasteiger partial charge is 0.481 e. The van der Waals surface area contributed by atoms with E-state index in [2.05, 4.69) is 4.74 Å².